The minimum Gasteiger partial charge on any atom is -0.391 e. The third kappa shape index (κ3) is 3.17. The van der Waals surface area contributed by atoms with Gasteiger partial charge in [0.05, 0.1) is 0 Å². The highest BCUT2D eigenvalue weighted by atomic mass is 32.1. The summed E-state index contributed by atoms with van der Waals surface area (Å²) in [6.07, 6.45) is -0.301. The number of thiazole rings is 1. The first-order chi connectivity index (χ1) is 7.54. The number of primary amides is 1. The highest BCUT2D eigenvalue weighted by Crippen LogP contribution is 2.12. The number of anilines is 1. The lowest BCUT2D eigenvalue weighted by Crippen LogP contribution is -2.26. The van der Waals surface area contributed by atoms with Crippen molar-refractivity contribution in [2.75, 3.05) is 12.3 Å². The van der Waals surface area contributed by atoms with E-state index >= 15 is 0 Å². The Bertz CT molecular complexity index is 403. The molecule has 0 spiro atoms. The molecule has 0 aliphatic rings. The van der Waals surface area contributed by atoms with Crippen molar-refractivity contribution in [3.8, 4) is 0 Å². The summed E-state index contributed by atoms with van der Waals surface area (Å²) >= 11 is 1.19. The maximum Gasteiger partial charge on any atom is 0.273 e. The minimum atomic E-state index is -0.727. The van der Waals surface area contributed by atoms with E-state index in [0.29, 0.717) is 10.8 Å². The van der Waals surface area contributed by atoms with Crippen molar-refractivity contribution in [1.82, 2.24) is 4.98 Å². The van der Waals surface area contributed by atoms with Crippen LogP contribution in [-0.4, -0.2) is 29.3 Å². The Labute approximate surface area is 96.3 Å². The number of aromatic nitrogens is 1. The average Bonchev–Trinajstić information content (AvgIpc) is 2.64. The van der Waals surface area contributed by atoms with Gasteiger partial charge < -0.3 is 22.0 Å². The van der Waals surface area contributed by atoms with E-state index in [1.54, 1.807) is 12.3 Å². The van der Waals surface area contributed by atoms with Gasteiger partial charge in [-0.2, -0.15) is 0 Å². The molecule has 1 heterocycles. The van der Waals surface area contributed by atoms with Gasteiger partial charge in [-0.25, -0.2) is 4.98 Å². The first-order valence-electron chi connectivity index (χ1n) is 4.49. The summed E-state index contributed by atoms with van der Waals surface area (Å²) in [4.78, 5) is 20.0. The first kappa shape index (κ1) is 12.4. The van der Waals surface area contributed by atoms with Gasteiger partial charge in [0.2, 0.25) is 0 Å². The minimum absolute atomic E-state index is 0.0618. The summed E-state index contributed by atoms with van der Waals surface area (Å²) in [5, 5.41) is 5.54. The van der Waals surface area contributed by atoms with Gasteiger partial charge in [0.1, 0.15) is 11.8 Å². The lowest BCUT2D eigenvalue weighted by Gasteiger charge is -2.06. The summed E-state index contributed by atoms with van der Waals surface area (Å²) in [6.45, 7) is 2.01. The predicted octanol–water partition coefficient (Wildman–Crippen LogP) is -0.721. The average molecular weight is 243 g/mol. The maximum atomic E-state index is 11.1. The summed E-state index contributed by atoms with van der Waals surface area (Å²) in [5.41, 5.74) is 16.2. The molecule has 6 N–H and O–H groups in total. The fraction of sp³-hybridized carbons (Fsp3) is 0.375. The second-order valence-corrected chi connectivity index (χ2v) is 3.92. The van der Waals surface area contributed by atoms with E-state index in [0.717, 1.165) is 0 Å². The number of oxime groups is 1. The third-order valence-corrected chi connectivity index (χ3v) is 2.33. The topological polar surface area (TPSA) is 130 Å². The Morgan fingerprint density at radius 3 is 2.88 bits per heavy atom. The number of nitrogens with zero attached hydrogens (tertiary/aromatic N) is 2. The summed E-state index contributed by atoms with van der Waals surface area (Å²) in [7, 11) is 0. The Hall–Kier alpha value is -1.67. The van der Waals surface area contributed by atoms with E-state index in [9.17, 15) is 4.79 Å². The van der Waals surface area contributed by atoms with Crippen LogP contribution in [0.2, 0.25) is 0 Å². The zero-order valence-electron chi connectivity index (χ0n) is 8.71. The van der Waals surface area contributed by atoms with Crippen LogP contribution >= 0.6 is 11.3 Å². The molecule has 0 bridgehead atoms. The van der Waals surface area contributed by atoms with Crippen LogP contribution < -0.4 is 17.2 Å². The number of carbonyl (C=O) groups excluding carboxylic acids is 1. The van der Waals surface area contributed by atoms with Crippen LogP contribution in [0.1, 0.15) is 12.6 Å². The van der Waals surface area contributed by atoms with Crippen molar-refractivity contribution >= 4 is 28.1 Å². The maximum absolute atomic E-state index is 11.1. The van der Waals surface area contributed by atoms with Crippen LogP contribution in [0.3, 0.4) is 0 Å². The fourth-order valence-electron chi connectivity index (χ4n) is 0.800. The molecular formula is C8H13N5O2S. The lowest BCUT2D eigenvalue weighted by molar-refractivity contribution is -0.112. The molecule has 0 aliphatic carbocycles. The molecule has 0 aromatic carbocycles. The molecule has 1 rings (SSSR count). The SMILES string of the molecule is C[C@@H](CN)ON=C(C(N)=O)c1csc(N)n1. The molecule has 7 nitrogen and oxygen atoms in total. The second-order valence-electron chi connectivity index (χ2n) is 3.03. The highest BCUT2D eigenvalue weighted by Gasteiger charge is 2.15. The van der Waals surface area contributed by atoms with Crippen LogP contribution in [0.25, 0.3) is 0 Å². The van der Waals surface area contributed by atoms with E-state index in [1.165, 1.54) is 11.3 Å². The number of amides is 1. The van der Waals surface area contributed by atoms with Crippen LogP contribution in [0.5, 0.6) is 0 Å². The van der Waals surface area contributed by atoms with Crippen LogP contribution in [0.15, 0.2) is 10.5 Å². The molecule has 0 saturated heterocycles. The number of hydrogen-bond donors (Lipinski definition) is 3. The van der Waals surface area contributed by atoms with Gasteiger partial charge in [-0.3, -0.25) is 4.79 Å². The summed E-state index contributed by atoms with van der Waals surface area (Å²) in [6, 6.07) is 0. The van der Waals surface area contributed by atoms with E-state index < -0.39 is 5.91 Å². The van der Waals surface area contributed by atoms with E-state index in [4.69, 9.17) is 22.0 Å². The van der Waals surface area contributed by atoms with E-state index in [-0.39, 0.29) is 18.4 Å². The van der Waals surface area contributed by atoms with Gasteiger partial charge in [0.25, 0.3) is 5.91 Å². The van der Waals surface area contributed by atoms with Gasteiger partial charge in [0.15, 0.2) is 10.8 Å². The van der Waals surface area contributed by atoms with Gasteiger partial charge in [-0.05, 0) is 6.92 Å². The second kappa shape index (κ2) is 5.42. The normalized spacial score (nSPS) is 13.5. The van der Waals surface area contributed by atoms with Gasteiger partial charge in [-0.1, -0.05) is 5.16 Å². The third-order valence-electron chi connectivity index (χ3n) is 1.65. The van der Waals surface area contributed by atoms with Crippen LogP contribution in [0, 0.1) is 0 Å². The molecule has 1 aromatic heterocycles. The van der Waals surface area contributed by atoms with Crippen molar-refractivity contribution in [2.45, 2.75) is 13.0 Å². The number of carbonyl (C=O) groups is 1. The Kier molecular flexibility index (Phi) is 4.20. The molecule has 0 fully saturated rings. The molecule has 0 unspecified atom stereocenters. The lowest BCUT2D eigenvalue weighted by atomic mass is 10.3. The van der Waals surface area contributed by atoms with Gasteiger partial charge >= 0.3 is 0 Å². The van der Waals surface area contributed by atoms with Crippen molar-refractivity contribution in [3.63, 3.8) is 0 Å². The Morgan fingerprint density at radius 1 is 1.75 bits per heavy atom. The fourth-order valence-corrected chi connectivity index (χ4v) is 1.35. The van der Waals surface area contributed by atoms with Gasteiger partial charge in [-0.15, -0.1) is 11.3 Å². The zero-order chi connectivity index (χ0) is 12.1. The highest BCUT2D eigenvalue weighted by molar-refractivity contribution is 7.13. The smallest absolute Gasteiger partial charge is 0.273 e. The molecule has 1 aromatic rings. The summed E-state index contributed by atoms with van der Waals surface area (Å²) < 4.78 is 0. The summed E-state index contributed by atoms with van der Waals surface area (Å²) in [5.74, 6) is -0.727. The molecule has 1 atom stereocenters. The van der Waals surface area contributed by atoms with Crippen molar-refractivity contribution in [1.29, 1.82) is 0 Å². The predicted molar refractivity (Wildman–Crippen MR) is 61.9 cm³/mol. The number of rotatable bonds is 5. The number of nitrogens with two attached hydrogens (primary N) is 3. The molecular weight excluding hydrogens is 230 g/mol. The standard InChI is InChI=1S/C8H13N5O2S/c1-4(2-9)15-13-6(7(10)14)5-3-16-8(11)12-5/h3-4H,2,9H2,1H3,(H2,10,14)(H2,11,12)/t4-/m0/s1. The molecule has 8 heteroatoms. The monoisotopic (exact) mass is 243 g/mol. The van der Waals surface area contributed by atoms with E-state index in [2.05, 4.69) is 10.1 Å². The van der Waals surface area contributed by atoms with E-state index in [1.807, 2.05) is 0 Å². The first-order valence-corrected chi connectivity index (χ1v) is 5.37. The molecule has 0 saturated carbocycles. The molecule has 0 radical (unpaired) electrons. The number of hydrogen-bond acceptors (Lipinski definition) is 7. The van der Waals surface area contributed by atoms with Crippen molar-refractivity contribution in [3.05, 3.63) is 11.1 Å². The van der Waals surface area contributed by atoms with Crippen LogP contribution in [-0.2, 0) is 9.63 Å². The van der Waals surface area contributed by atoms with Gasteiger partial charge in [0, 0.05) is 11.9 Å². The van der Waals surface area contributed by atoms with Crippen molar-refractivity contribution < 1.29 is 9.63 Å². The van der Waals surface area contributed by atoms with Crippen LogP contribution in [0.4, 0.5) is 5.13 Å². The Balaban J connectivity index is 2.87. The molecule has 1 amide bonds. The molecule has 16 heavy (non-hydrogen) atoms. The Morgan fingerprint density at radius 2 is 2.44 bits per heavy atom. The quantitative estimate of drug-likeness (QED) is 0.464. The van der Waals surface area contributed by atoms with Crippen molar-refractivity contribution in [2.24, 2.45) is 16.6 Å². The molecule has 0 aliphatic heterocycles. The largest absolute Gasteiger partial charge is 0.391 e. The molecule has 88 valence electrons. The zero-order valence-corrected chi connectivity index (χ0v) is 9.53. The number of nitrogen functional groups attached to an aromatic ring is 1.